The first-order valence-corrected chi connectivity index (χ1v) is 12.4. The Hall–Kier alpha value is -2.35. The molecule has 1 aliphatic heterocycles. The Balaban J connectivity index is 1.50. The molecule has 1 aromatic carbocycles. The number of anilines is 1. The third-order valence-corrected chi connectivity index (χ3v) is 7.43. The minimum absolute atomic E-state index is 0.804. The molecule has 4 aromatic rings. The molecule has 0 atom stereocenters. The van der Waals surface area contributed by atoms with Crippen LogP contribution in [0.3, 0.4) is 0 Å². The minimum Gasteiger partial charge on any atom is -0.349 e. The number of nitrogens with one attached hydrogen (secondary N) is 1. The molecule has 4 nitrogen and oxygen atoms in total. The fourth-order valence-electron chi connectivity index (χ4n) is 3.78. The first-order chi connectivity index (χ1) is 14.8. The Morgan fingerprint density at radius 2 is 1.47 bits per heavy atom. The fourth-order valence-corrected chi connectivity index (χ4v) is 5.51. The SMILES string of the molecule is S=C(Nc1ccc2nc(-c3cccs3)c(-c3cccs3)nc2c1)N1CCCCCC1. The highest BCUT2D eigenvalue weighted by Crippen LogP contribution is 2.35. The topological polar surface area (TPSA) is 41.1 Å². The number of benzene rings is 1. The van der Waals surface area contributed by atoms with Gasteiger partial charge in [0.2, 0.25) is 0 Å². The van der Waals surface area contributed by atoms with Crippen LogP contribution in [0, 0.1) is 0 Å². The number of fused-ring (bicyclic) bond motifs is 1. The van der Waals surface area contributed by atoms with E-state index in [1.807, 2.05) is 12.1 Å². The van der Waals surface area contributed by atoms with E-state index in [-0.39, 0.29) is 0 Å². The van der Waals surface area contributed by atoms with Crippen molar-refractivity contribution in [1.29, 1.82) is 0 Å². The summed E-state index contributed by atoms with van der Waals surface area (Å²) < 4.78 is 0. The van der Waals surface area contributed by atoms with Crippen molar-refractivity contribution in [3.63, 3.8) is 0 Å². The molecule has 0 spiro atoms. The van der Waals surface area contributed by atoms with Crippen LogP contribution in [0.25, 0.3) is 32.2 Å². The summed E-state index contributed by atoms with van der Waals surface area (Å²) in [6.07, 6.45) is 5.01. The highest BCUT2D eigenvalue weighted by Gasteiger charge is 2.16. The molecule has 30 heavy (non-hydrogen) atoms. The lowest BCUT2D eigenvalue weighted by Gasteiger charge is -2.24. The normalized spacial score (nSPS) is 14.6. The molecule has 0 aliphatic carbocycles. The summed E-state index contributed by atoms with van der Waals surface area (Å²) in [5, 5.41) is 8.39. The second kappa shape index (κ2) is 8.79. The van der Waals surface area contributed by atoms with Gasteiger partial charge in [-0.25, -0.2) is 9.97 Å². The van der Waals surface area contributed by atoms with Crippen LogP contribution in [0.15, 0.2) is 53.2 Å². The van der Waals surface area contributed by atoms with E-state index >= 15 is 0 Å². The van der Waals surface area contributed by atoms with E-state index in [2.05, 4.69) is 51.3 Å². The second-order valence-electron chi connectivity index (χ2n) is 7.41. The number of thiophene rings is 2. The number of rotatable bonds is 3. The van der Waals surface area contributed by atoms with Gasteiger partial charge < -0.3 is 10.2 Å². The monoisotopic (exact) mass is 450 g/mol. The molecule has 3 aromatic heterocycles. The molecule has 4 heterocycles. The number of thiocarbonyl (C=S) groups is 1. The molecule has 0 amide bonds. The number of aromatic nitrogens is 2. The van der Waals surface area contributed by atoms with Crippen molar-refractivity contribution in [2.75, 3.05) is 18.4 Å². The van der Waals surface area contributed by atoms with E-state index in [4.69, 9.17) is 22.2 Å². The van der Waals surface area contributed by atoms with Gasteiger partial charge in [-0.2, -0.15) is 0 Å². The molecule has 0 radical (unpaired) electrons. The van der Waals surface area contributed by atoms with Crippen LogP contribution in [0.1, 0.15) is 25.7 Å². The maximum absolute atomic E-state index is 5.69. The van der Waals surface area contributed by atoms with E-state index in [1.165, 1.54) is 25.7 Å². The largest absolute Gasteiger partial charge is 0.349 e. The third-order valence-electron chi connectivity index (χ3n) is 5.32. The van der Waals surface area contributed by atoms with Crippen molar-refractivity contribution in [2.45, 2.75) is 25.7 Å². The van der Waals surface area contributed by atoms with Crippen LogP contribution in [0.5, 0.6) is 0 Å². The molecule has 0 saturated carbocycles. The lowest BCUT2D eigenvalue weighted by Crippen LogP contribution is -2.35. The van der Waals surface area contributed by atoms with Crippen molar-refractivity contribution in [3.05, 3.63) is 53.2 Å². The lowest BCUT2D eigenvalue weighted by atomic mass is 10.2. The smallest absolute Gasteiger partial charge is 0.173 e. The van der Waals surface area contributed by atoms with E-state index < -0.39 is 0 Å². The van der Waals surface area contributed by atoms with Crippen molar-refractivity contribution in [3.8, 4) is 21.1 Å². The van der Waals surface area contributed by atoms with E-state index in [0.29, 0.717) is 0 Å². The first kappa shape index (κ1) is 19.6. The summed E-state index contributed by atoms with van der Waals surface area (Å²) in [5.74, 6) is 0. The maximum Gasteiger partial charge on any atom is 0.173 e. The average molecular weight is 451 g/mol. The van der Waals surface area contributed by atoms with Crippen molar-refractivity contribution in [2.24, 2.45) is 0 Å². The summed E-state index contributed by atoms with van der Waals surface area (Å²) in [5.41, 5.74) is 4.62. The zero-order chi connectivity index (χ0) is 20.3. The fraction of sp³-hybridized carbons (Fsp3) is 0.261. The summed E-state index contributed by atoms with van der Waals surface area (Å²) in [7, 11) is 0. The van der Waals surface area contributed by atoms with Crippen LogP contribution < -0.4 is 5.32 Å². The van der Waals surface area contributed by atoms with Crippen LogP contribution in [0.2, 0.25) is 0 Å². The molecule has 0 unspecified atom stereocenters. The van der Waals surface area contributed by atoms with Crippen LogP contribution in [-0.4, -0.2) is 33.1 Å². The molecular formula is C23H22N4S3. The van der Waals surface area contributed by atoms with Gasteiger partial charge in [0.05, 0.1) is 20.8 Å². The predicted octanol–water partition coefficient (Wildman–Crippen LogP) is 6.66. The zero-order valence-corrected chi connectivity index (χ0v) is 19.0. The summed E-state index contributed by atoms with van der Waals surface area (Å²) in [6.45, 7) is 2.07. The highest BCUT2D eigenvalue weighted by molar-refractivity contribution is 7.80. The van der Waals surface area contributed by atoms with Gasteiger partial charge in [0, 0.05) is 18.8 Å². The van der Waals surface area contributed by atoms with Gasteiger partial charge in [-0.1, -0.05) is 25.0 Å². The molecule has 1 saturated heterocycles. The second-order valence-corrected chi connectivity index (χ2v) is 9.69. The molecule has 1 N–H and O–H groups in total. The highest BCUT2D eigenvalue weighted by atomic mass is 32.1. The number of hydrogen-bond donors (Lipinski definition) is 1. The van der Waals surface area contributed by atoms with Crippen LogP contribution in [-0.2, 0) is 0 Å². The zero-order valence-electron chi connectivity index (χ0n) is 16.5. The van der Waals surface area contributed by atoms with Gasteiger partial charge in [-0.05, 0) is 66.2 Å². The Kier molecular flexibility index (Phi) is 5.75. The number of nitrogens with zero attached hydrogens (tertiary/aromatic N) is 3. The van der Waals surface area contributed by atoms with Gasteiger partial charge in [0.1, 0.15) is 11.4 Å². The van der Waals surface area contributed by atoms with Crippen molar-refractivity contribution in [1.82, 2.24) is 14.9 Å². The maximum atomic E-state index is 5.69. The molecule has 1 aliphatic rings. The summed E-state index contributed by atoms with van der Waals surface area (Å²) >= 11 is 9.07. The Bertz CT molecular complexity index is 1140. The summed E-state index contributed by atoms with van der Waals surface area (Å²) in [4.78, 5) is 14.6. The lowest BCUT2D eigenvalue weighted by molar-refractivity contribution is 0.441. The number of hydrogen-bond acceptors (Lipinski definition) is 5. The van der Waals surface area contributed by atoms with Gasteiger partial charge in [-0.3, -0.25) is 0 Å². The van der Waals surface area contributed by atoms with E-state index in [9.17, 15) is 0 Å². The van der Waals surface area contributed by atoms with Gasteiger partial charge in [-0.15, -0.1) is 22.7 Å². The predicted molar refractivity (Wildman–Crippen MR) is 132 cm³/mol. The van der Waals surface area contributed by atoms with E-state index in [1.54, 1.807) is 22.7 Å². The molecular weight excluding hydrogens is 428 g/mol. The van der Waals surface area contributed by atoms with Gasteiger partial charge in [0.15, 0.2) is 5.11 Å². The first-order valence-electron chi connectivity index (χ1n) is 10.2. The quantitative estimate of drug-likeness (QED) is 0.353. The Morgan fingerprint density at radius 1 is 0.833 bits per heavy atom. The van der Waals surface area contributed by atoms with Crippen LogP contribution >= 0.6 is 34.9 Å². The van der Waals surface area contributed by atoms with Crippen molar-refractivity contribution >= 4 is 56.7 Å². The number of likely N-dealkylation sites (tertiary alicyclic amines) is 1. The molecule has 1 fully saturated rings. The molecule has 7 heteroatoms. The molecule has 0 bridgehead atoms. The van der Waals surface area contributed by atoms with E-state index in [0.717, 1.165) is 56.1 Å². The third kappa shape index (κ3) is 4.10. The molecule has 5 rings (SSSR count). The Morgan fingerprint density at radius 3 is 2.07 bits per heavy atom. The van der Waals surface area contributed by atoms with Gasteiger partial charge in [0.25, 0.3) is 0 Å². The molecule has 152 valence electrons. The average Bonchev–Trinajstić information content (AvgIpc) is 3.43. The standard InChI is InChI=1S/C23H22N4S3/c28-23(27-11-3-1-2-4-12-27)24-16-9-10-17-18(15-16)26-22(20-8-6-14-30-20)21(25-17)19-7-5-13-29-19/h5-10,13-15H,1-4,11-12H2,(H,24,28). The Labute approximate surface area is 189 Å². The van der Waals surface area contributed by atoms with Crippen LogP contribution in [0.4, 0.5) is 5.69 Å². The van der Waals surface area contributed by atoms with Crippen molar-refractivity contribution < 1.29 is 0 Å². The minimum atomic E-state index is 0.804. The summed E-state index contributed by atoms with van der Waals surface area (Å²) in [6, 6.07) is 14.5. The van der Waals surface area contributed by atoms with Gasteiger partial charge >= 0.3 is 0 Å².